The minimum atomic E-state index is -3.49. The van der Waals surface area contributed by atoms with Crippen LogP contribution in [0.1, 0.15) is 41.1 Å². The van der Waals surface area contributed by atoms with Gasteiger partial charge in [0.05, 0.1) is 27.9 Å². The van der Waals surface area contributed by atoms with Gasteiger partial charge in [0.25, 0.3) is 0 Å². The number of rotatable bonds is 6. The van der Waals surface area contributed by atoms with Crippen molar-refractivity contribution in [3.05, 3.63) is 0 Å². The quantitative estimate of drug-likeness (QED) is 0.458. The third-order valence-electron chi connectivity index (χ3n) is 0.361. The summed E-state index contributed by atoms with van der Waals surface area (Å²) in [6, 6.07) is 0. The van der Waals surface area contributed by atoms with E-state index in [0.29, 0.717) is 0 Å². The normalized spacial score (nSPS) is 26.7. The first-order valence-corrected chi connectivity index (χ1v) is 6.29. The molecule has 0 bridgehead atoms. The molecule has 0 aromatic heterocycles. The van der Waals surface area contributed by atoms with Crippen molar-refractivity contribution in [1.82, 2.24) is 0 Å². The molecule has 0 aliphatic rings. The molecule has 108 valence electrons. The van der Waals surface area contributed by atoms with Gasteiger partial charge in [-0.2, -0.15) is 0 Å². The van der Waals surface area contributed by atoms with Gasteiger partial charge in [0.15, 0.2) is 0 Å². The maximum atomic E-state index is 9.79. The van der Waals surface area contributed by atoms with Crippen LogP contribution in [0, 0.1) is 0 Å². The van der Waals surface area contributed by atoms with Crippen molar-refractivity contribution < 1.29 is 62.5 Å². The molecule has 13 heteroatoms. The van der Waals surface area contributed by atoms with E-state index in [1.54, 1.807) is 0 Å². The molecule has 0 heterocycles. The van der Waals surface area contributed by atoms with Crippen molar-refractivity contribution in [1.29, 1.82) is 0 Å². The molecule has 0 rings (SSSR count). The van der Waals surface area contributed by atoms with Gasteiger partial charge in [-0.25, -0.2) is 0 Å². The second-order valence-corrected chi connectivity index (χ2v) is 3.14. The third kappa shape index (κ3) is 55.6. The van der Waals surface area contributed by atoms with E-state index in [-0.39, 0.29) is 17.4 Å². The standard InChI is InChI=1S/3C2H5O3P.Al/c3*1-2-5-6(3)4;/h3*2H2,1H3;/q;;;+3/i3*1D3,2D2;. The fourth-order valence-electron chi connectivity index (χ4n) is 0.112. The van der Waals surface area contributed by atoms with Gasteiger partial charge < -0.3 is 14.7 Å². The van der Waals surface area contributed by atoms with Crippen molar-refractivity contribution in [2.45, 2.75) is 20.6 Å². The van der Waals surface area contributed by atoms with Crippen LogP contribution in [-0.4, -0.2) is 37.0 Å². The van der Waals surface area contributed by atoms with Gasteiger partial charge in [0.1, 0.15) is 0 Å². The Bertz CT molecular complexity index is 588. The molecular formula is C6H15AlO9P3+3. The molecule has 0 fully saturated rings. The largest absolute Gasteiger partial charge is 3.00 e. The van der Waals surface area contributed by atoms with Gasteiger partial charge in [-0.1, -0.05) is 0 Å². The average molecular weight is 366 g/mol. The summed E-state index contributed by atoms with van der Waals surface area (Å²) in [4.78, 5) is 29.4. The second kappa shape index (κ2) is 23.7. The maximum Gasteiger partial charge on any atom is 3.00 e. The molecule has 3 atom stereocenters. The molecule has 0 aliphatic heterocycles. The van der Waals surface area contributed by atoms with Gasteiger partial charge in [0.2, 0.25) is 0 Å². The van der Waals surface area contributed by atoms with Crippen LogP contribution in [0.25, 0.3) is 0 Å². The molecule has 0 spiro atoms. The van der Waals surface area contributed by atoms with E-state index in [2.05, 4.69) is 13.6 Å². The third-order valence-corrected chi connectivity index (χ3v) is 1.08. The summed E-state index contributed by atoms with van der Waals surface area (Å²) in [7, 11) is -10.5. The Morgan fingerprint density at radius 3 is 1.11 bits per heavy atom. The van der Waals surface area contributed by atoms with E-state index in [1.807, 2.05) is 0 Å². The summed E-state index contributed by atoms with van der Waals surface area (Å²) >= 11 is 0. The summed E-state index contributed by atoms with van der Waals surface area (Å²) in [5.74, 6) is 0. The van der Waals surface area contributed by atoms with Gasteiger partial charge in [-0.15, -0.1) is 13.6 Å². The SMILES string of the molecule is [2H]C([2H])([2H])C([2H])([2H])O[P+](=O)[O-].[2H]C([2H])([2H])C([2H])([2H])O[P+](=O)[O-].[2H]C([2H])([2H])C([2H])([2H])O[P+](=O)[O-].[Al+3]. The molecule has 0 aromatic carbocycles. The predicted molar refractivity (Wildman–Crippen MR) is 63.5 cm³/mol. The fraction of sp³-hybridized carbons (Fsp3) is 1.00. The molecule has 0 amide bonds. The van der Waals surface area contributed by atoms with Crippen LogP contribution >= 0.6 is 24.8 Å². The topological polar surface area (TPSA) is 148 Å². The van der Waals surface area contributed by atoms with Crippen molar-refractivity contribution in [2.24, 2.45) is 0 Å². The molecule has 0 saturated carbocycles. The molecule has 0 saturated heterocycles. The van der Waals surface area contributed by atoms with Crippen LogP contribution in [0.4, 0.5) is 0 Å². The van der Waals surface area contributed by atoms with Gasteiger partial charge in [-0.3, -0.25) is 0 Å². The Kier molecular flexibility index (Phi) is 9.01. The Labute approximate surface area is 146 Å². The van der Waals surface area contributed by atoms with Crippen LogP contribution in [0.5, 0.6) is 0 Å². The van der Waals surface area contributed by atoms with E-state index in [4.69, 9.17) is 20.6 Å². The zero-order valence-electron chi connectivity index (χ0n) is 23.6. The first kappa shape index (κ1) is 7.24. The summed E-state index contributed by atoms with van der Waals surface area (Å²) in [5, 5.41) is 0. The molecule has 9 nitrogen and oxygen atoms in total. The molecular weight excluding hydrogens is 336 g/mol. The van der Waals surface area contributed by atoms with Crippen molar-refractivity contribution >= 4 is 42.1 Å². The van der Waals surface area contributed by atoms with Crippen LogP contribution in [-0.2, 0) is 27.3 Å². The number of hydrogen-bond acceptors (Lipinski definition) is 9. The first-order valence-electron chi connectivity index (χ1n) is 10.5. The van der Waals surface area contributed by atoms with Gasteiger partial charge in [-0.05, 0) is 34.3 Å². The second-order valence-electron chi connectivity index (χ2n) is 1.25. The Morgan fingerprint density at radius 2 is 1.05 bits per heavy atom. The molecule has 19 heavy (non-hydrogen) atoms. The molecule has 0 aromatic rings. The predicted octanol–water partition coefficient (Wildman–Crippen LogP) is -0.259. The monoisotopic (exact) mass is 366 g/mol. The summed E-state index contributed by atoms with van der Waals surface area (Å²) < 4.78 is 138. The Morgan fingerprint density at radius 1 is 0.842 bits per heavy atom. The average Bonchev–Trinajstić information content (AvgIpc) is 2.40. The summed E-state index contributed by atoms with van der Waals surface area (Å²) in [5.41, 5.74) is 0. The molecule has 0 radical (unpaired) electrons. The van der Waals surface area contributed by atoms with Crippen LogP contribution in [0.3, 0.4) is 0 Å². The fourth-order valence-corrected chi connectivity index (χ4v) is 0.335. The van der Waals surface area contributed by atoms with Crippen LogP contribution in [0.15, 0.2) is 0 Å². The van der Waals surface area contributed by atoms with E-state index >= 15 is 0 Å². The smallest absolute Gasteiger partial charge is 0.566 e. The van der Waals surface area contributed by atoms with Crippen molar-refractivity contribution in [2.75, 3.05) is 19.7 Å². The summed E-state index contributed by atoms with van der Waals surface area (Å²) in [6.45, 7) is -18.7. The molecule has 0 aliphatic carbocycles. The van der Waals surface area contributed by atoms with Crippen molar-refractivity contribution in [3.63, 3.8) is 0 Å². The zero-order chi connectivity index (χ0) is 27.9. The van der Waals surface area contributed by atoms with Crippen LogP contribution in [0.2, 0.25) is 0 Å². The molecule has 0 N–H and O–H groups in total. The van der Waals surface area contributed by atoms with E-state index in [0.717, 1.165) is 0 Å². The van der Waals surface area contributed by atoms with Gasteiger partial charge in [0, 0.05) is 12.3 Å². The maximum absolute atomic E-state index is 9.79. The van der Waals surface area contributed by atoms with Crippen LogP contribution < -0.4 is 14.7 Å². The van der Waals surface area contributed by atoms with Crippen molar-refractivity contribution in [3.8, 4) is 0 Å². The zero-order valence-corrected chi connectivity index (χ0v) is 12.4. The van der Waals surface area contributed by atoms with E-state index < -0.39 is 65.0 Å². The van der Waals surface area contributed by atoms with E-state index in [1.165, 1.54) is 0 Å². The summed E-state index contributed by atoms with van der Waals surface area (Å²) in [6.07, 6.45) is 0. The first-order chi connectivity index (χ1) is 14.0. The minimum Gasteiger partial charge on any atom is -0.566 e. The Hall–Kier alpha value is 0.592. The Balaban J connectivity index is -0.000000196. The minimum absolute atomic E-state index is 0. The molecule has 3 unspecified atom stereocenters. The van der Waals surface area contributed by atoms with E-state index in [9.17, 15) is 28.4 Å². The number of hydrogen-bond donors (Lipinski definition) is 0. The van der Waals surface area contributed by atoms with Gasteiger partial charge >= 0.3 is 42.1 Å².